The molecule has 2 heterocycles. The number of aromatic nitrogens is 1. The molecule has 0 radical (unpaired) electrons. The molecule has 1 N–H and O–H groups in total. The molecule has 14 heavy (non-hydrogen) atoms. The standard InChI is InChI=1S/C11H18N2O/c1-2-5-9-8-11(13-14-9)10-6-3-4-7-12-10/h8,10,12H,2-7H2,1H3. The van der Waals surface area contributed by atoms with Crippen molar-refractivity contribution >= 4 is 0 Å². The number of hydrogen-bond acceptors (Lipinski definition) is 3. The summed E-state index contributed by atoms with van der Waals surface area (Å²) in [7, 11) is 0. The highest BCUT2D eigenvalue weighted by molar-refractivity contribution is 5.10. The fraction of sp³-hybridized carbons (Fsp3) is 0.727. The third kappa shape index (κ3) is 2.15. The topological polar surface area (TPSA) is 38.1 Å². The van der Waals surface area contributed by atoms with Crippen LogP contribution < -0.4 is 5.32 Å². The summed E-state index contributed by atoms with van der Waals surface area (Å²) in [4.78, 5) is 0. The molecule has 78 valence electrons. The first-order valence-corrected chi connectivity index (χ1v) is 5.59. The van der Waals surface area contributed by atoms with Crippen molar-refractivity contribution in [3.05, 3.63) is 17.5 Å². The first-order chi connectivity index (χ1) is 6.90. The number of nitrogens with zero attached hydrogens (tertiary/aromatic N) is 1. The maximum absolute atomic E-state index is 5.27. The minimum absolute atomic E-state index is 0.429. The van der Waals surface area contributed by atoms with Gasteiger partial charge in [-0.3, -0.25) is 0 Å². The van der Waals surface area contributed by atoms with Crippen LogP contribution in [0.2, 0.25) is 0 Å². The molecule has 1 aliphatic rings. The lowest BCUT2D eigenvalue weighted by atomic mass is 10.0. The molecule has 1 aromatic rings. The van der Waals surface area contributed by atoms with E-state index < -0.39 is 0 Å². The predicted octanol–water partition coefficient (Wildman–Crippen LogP) is 2.44. The van der Waals surface area contributed by atoms with Gasteiger partial charge in [0.15, 0.2) is 0 Å². The number of rotatable bonds is 3. The van der Waals surface area contributed by atoms with Gasteiger partial charge in [-0.25, -0.2) is 0 Å². The third-order valence-corrected chi connectivity index (χ3v) is 2.74. The molecule has 1 aromatic heterocycles. The highest BCUT2D eigenvalue weighted by Crippen LogP contribution is 2.22. The molecule has 0 aromatic carbocycles. The zero-order valence-electron chi connectivity index (χ0n) is 8.75. The van der Waals surface area contributed by atoms with E-state index in [2.05, 4.69) is 23.5 Å². The zero-order chi connectivity index (χ0) is 9.80. The highest BCUT2D eigenvalue weighted by atomic mass is 16.5. The molecule has 1 unspecified atom stereocenters. The second-order valence-electron chi connectivity index (χ2n) is 3.97. The monoisotopic (exact) mass is 194 g/mol. The van der Waals surface area contributed by atoms with E-state index in [1.54, 1.807) is 0 Å². The molecular weight excluding hydrogens is 176 g/mol. The molecule has 2 rings (SSSR count). The highest BCUT2D eigenvalue weighted by Gasteiger charge is 2.18. The van der Waals surface area contributed by atoms with Crippen LogP contribution in [0.25, 0.3) is 0 Å². The van der Waals surface area contributed by atoms with Gasteiger partial charge >= 0.3 is 0 Å². The fourth-order valence-corrected chi connectivity index (χ4v) is 1.96. The van der Waals surface area contributed by atoms with Crippen molar-refractivity contribution in [2.45, 2.75) is 45.1 Å². The Hall–Kier alpha value is -0.830. The van der Waals surface area contributed by atoms with E-state index in [-0.39, 0.29) is 0 Å². The molecular formula is C11H18N2O. The molecule has 0 amide bonds. The van der Waals surface area contributed by atoms with E-state index in [0.29, 0.717) is 6.04 Å². The lowest BCUT2D eigenvalue weighted by molar-refractivity contribution is 0.348. The van der Waals surface area contributed by atoms with Crippen molar-refractivity contribution in [1.29, 1.82) is 0 Å². The van der Waals surface area contributed by atoms with Gasteiger partial charge in [0.25, 0.3) is 0 Å². The Labute approximate surface area is 84.9 Å². The summed E-state index contributed by atoms with van der Waals surface area (Å²) in [6.45, 7) is 3.27. The van der Waals surface area contributed by atoms with Crippen LogP contribution in [0.3, 0.4) is 0 Å². The largest absolute Gasteiger partial charge is 0.361 e. The molecule has 0 aliphatic carbocycles. The maximum Gasteiger partial charge on any atom is 0.137 e. The van der Waals surface area contributed by atoms with E-state index in [1.165, 1.54) is 19.3 Å². The second-order valence-corrected chi connectivity index (χ2v) is 3.97. The van der Waals surface area contributed by atoms with Gasteiger partial charge in [-0.05, 0) is 25.8 Å². The maximum atomic E-state index is 5.27. The molecule has 1 saturated heterocycles. The van der Waals surface area contributed by atoms with Crippen LogP contribution >= 0.6 is 0 Å². The van der Waals surface area contributed by atoms with Crippen LogP contribution in [0.1, 0.15) is 50.1 Å². The molecule has 0 saturated carbocycles. The Bertz CT molecular complexity index is 277. The number of aryl methyl sites for hydroxylation is 1. The normalized spacial score (nSPS) is 22.5. The molecule has 3 nitrogen and oxygen atoms in total. The van der Waals surface area contributed by atoms with Crippen LogP contribution in [0.4, 0.5) is 0 Å². The second kappa shape index (κ2) is 4.60. The predicted molar refractivity (Wildman–Crippen MR) is 55.1 cm³/mol. The molecule has 1 aliphatic heterocycles. The quantitative estimate of drug-likeness (QED) is 0.803. The number of hydrogen-bond donors (Lipinski definition) is 1. The van der Waals surface area contributed by atoms with Gasteiger partial charge in [-0.1, -0.05) is 18.5 Å². The summed E-state index contributed by atoms with van der Waals surface area (Å²) in [6, 6.07) is 2.53. The van der Waals surface area contributed by atoms with Crippen LogP contribution in [-0.2, 0) is 6.42 Å². The Morgan fingerprint density at radius 1 is 1.57 bits per heavy atom. The minimum Gasteiger partial charge on any atom is -0.361 e. The van der Waals surface area contributed by atoms with Crippen molar-refractivity contribution in [1.82, 2.24) is 10.5 Å². The summed E-state index contributed by atoms with van der Waals surface area (Å²) in [5, 5.41) is 7.59. The average molecular weight is 194 g/mol. The van der Waals surface area contributed by atoms with E-state index in [0.717, 1.165) is 30.8 Å². The van der Waals surface area contributed by atoms with Gasteiger partial charge in [0, 0.05) is 12.5 Å². The number of piperidine rings is 1. The van der Waals surface area contributed by atoms with E-state index in [4.69, 9.17) is 4.52 Å². The molecule has 0 bridgehead atoms. The van der Waals surface area contributed by atoms with Crippen LogP contribution in [0.5, 0.6) is 0 Å². The molecule has 1 fully saturated rings. The van der Waals surface area contributed by atoms with Gasteiger partial charge in [0.2, 0.25) is 0 Å². The van der Waals surface area contributed by atoms with E-state index in [1.807, 2.05) is 0 Å². The van der Waals surface area contributed by atoms with Gasteiger partial charge in [0.1, 0.15) is 11.5 Å². The van der Waals surface area contributed by atoms with Crippen molar-refractivity contribution in [3.63, 3.8) is 0 Å². The number of nitrogens with one attached hydrogen (secondary N) is 1. The summed E-state index contributed by atoms with van der Waals surface area (Å²) in [5.74, 6) is 1.02. The first-order valence-electron chi connectivity index (χ1n) is 5.59. The van der Waals surface area contributed by atoms with Crippen molar-refractivity contribution in [2.24, 2.45) is 0 Å². The van der Waals surface area contributed by atoms with Crippen molar-refractivity contribution in [2.75, 3.05) is 6.54 Å². The zero-order valence-corrected chi connectivity index (χ0v) is 8.75. The van der Waals surface area contributed by atoms with Gasteiger partial charge in [-0.2, -0.15) is 0 Å². The van der Waals surface area contributed by atoms with Crippen LogP contribution in [-0.4, -0.2) is 11.7 Å². The van der Waals surface area contributed by atoms with Gasteiger partial charge in [0.05, 0.1) is 6.04 Å². The van der Waals surface area contributed by atoms with Gasteiger partial charge in [-0.15, -0.1) is 0 Å². The lowest BCUT2D eigenvalue weighted by Crippen LogP contribution is -2.26. The summed E-state index contributed by atoms with van der Waals surface area (Å²) in [6.07, 6.45) is 5.90. The Morgan fingerprint density at radius 3 is 3.21 bits per heavy atom. The van der Waals surface area contributed by atoms with E-state index in [9.17, 15) is 0 Å². The molecule has 3 heteroatoms. The SMILES string of the molecule is CCCc1cc(C2CCCCN2)no1. The van der Waals surface area contributed by atoms with Crippen LogP contribution in [0, 0.1) is 0 Å². The third-order valence-electron chi connectivity index (χ3n) is 2.74. The Balaban J connectivity index is 2.00. The average Bonchev–Trinajstić information content (AvgIpc) is 2.68. The molecule has 1 atom stereocenters. The Kier molecular flexibility index (Phi) is 3.19. The van der Waals surface area contributed by atoms with E-state index >= 15 is 0 Å². The first kappa shape index (κ1) is 9.71. The Morgan fingerprint density at radius 2 is 2.50 bits per heavy atom. The minimum atomic E-state index is 0.429. The van der Waals surface area contributed by atoms with Gasteiger partial charge < -0.3 is 9.84 Å². The lowest BCUT2D eigenvalue weighted by Gasteiger charge is -2.20. The van der Waals surface area contributed by atoms with Crippen LogP contribution in [0.15, 0.2) is 10.6 Å². The van der Waals surface area contributed by atoms with Crippen molar-refractivity contribution in [3.8, 4) is 0 Å². The fourth-order valence-electron chi connectivity index (χ4n) is 1.96. The van der Waals surface area contributed by atoms with Crippen molar-refractivity contribution < 1.29 is 4.52 Å². The summed E-state index contributed by atoms with van der Waals surface area (Å²) < 4.78 is 5.27. The summed E-state index contributed by atoms with van der Waals surface area (Å²) >= 11 is 0. The summed E-state index contributed by atoms with van der Waals surface area (Å²) in [5.41, 5.74) is 1.09. The molecule has 0 spiro atoms. The smallest absolute Gasteiger partial charge is 0.137 e.